The quantitative estimate of drug-likeness (QED) is 0.685. The minimum Gasteiger partial charge on any atom is -0.365 e. The van der Waals surface area contributed by atoms with Crippen molar-refractivity contribution in [1.29, 1.82) is 0 Å². The second kappa shape index (κ2) is 7.75. The maximum atomic E-state index is 12.7. The number of primary amides is 1. The zero-order valence-electron chi connectivity index (χ0n) is 15.5. The molecule has 0 bridgehead atoms. The van der Waals surface area contributed by atoms with Gasteiger partial charge in [-0.05, 0) is 40.6 Å². The number of imidazole rings is 1. The number of nitrogens with two attached hydrogens (primary N) is 1. The van der Waals surface area contributed by atoms with Crippen molar-refractivity contribution in [3.05, 3.63) is 64.4 Å². The molecular formula is C20H22N4O2S. The summed E-state index contributed by atoms with van der Waals surface area (Å²) in [5.41, 5.74) is 7.72. The molecule has 0 aliphatic carbocycles. The topological polar surface area (TPSA) is 90.0 Å². The molecule has 0 spiro atoms. The summed E-state index contributed by atoms with van der Waals surface area (Å²) in [6.07, 6.45) is 3.60. The fourth-order valence-electron chi connectivity index (χ4n) is 2.86. The SMILES string of the molecule is CC(C)[C@H](NC(=O)c1ccc(-c2csc(C(N)=O)c2)cc1)c1nccn1C. The first kappa shape index (κ1) is 18.8. The van der Waals surface area contributed by atoms with Crippen molar-refractivity contribution >= 4 is 23.2 Å². The van der Waals surface area contributed by atoms with Crippen LogP contribution in [0.15, 0.2) is 48.1 Å². The van der Waals surface area contributed by atoms with E-state index in [9.17, 15) is 9.59 Å². The lowest BCUT2D eigenvalue weighted by Gasteiger charge is -2.22. The fraction of sp³-hybridized carbons (Fsp3) is 0.250. The van der Waals surface area contributed by atoms with Crippen molar-refractivity contribution in [2.45, 2.75) is 19.9 Å². The standard InChI is InChI=1S/C20H22N4O2S/c1-12(2)17(19-22-8-9-24(19)3)23-20(26)14-6-4-13(5-7-14)15-10-16(18(21)25)27-11-15/h4-12,17H,1-3H3,(H2,21,25)(H,23,26)/t17-/m0/s1. The number of hydrogen-bond donors (Lipinski definition) is 2. The maximum Gasteiger partial charge on any atom is 0.258 e. The van der Waals surface area contributed by atoms with Gasteiger partial charge in [-0.15, -0.1) is 11.3 Å². The largest absolute Gasteiger partial charge is 0.365 e. The number of hydrogen-bond acceptors (Lipinski definition) is 4. The first-order valence-electron chi connectivity index (χ1n) is 8.63. The molecule has 0 saturated heterocycles. The molecular weight excluding hydrogens is 360 g/mol. The lowest BCUT2D eigenvalue weighted by Crippen LogP contribution is -2.33. The highest BCUT2D eigenvalue weighted by molar-refractivity contribution is 7.12. The molecule has 6 nitrogen and oxygen atoms in total. The lowest BCUT2D eigenvalue weighted by molar-refractivity contribution is 0.0921. The highest BCUT2D eigenvalue weighted by atomic mass is 32.1. The van der Waals surface area contributed by atoms with Crippen LogP contribution in [0.5, 0.6) is 0 Å². The minimum atomic E-state index is -0.434. The number of amides is 2. The monoisotopic (exact) mass is 382 g/mol. The Morgan fingerprint density at radius 1 is 1.19 bits per heavy atom. The molecule has 2 heterocycles. The zero-order valence-corrected chi connectivity index (χ0v) is 16.3. The summed E-state index contributed by atoms with van der Waals surface area (Å²) in [5, 5.41) is 4.95. The van der Waals surface area contributed by atoms with Crippen molar-refractivity contribution in [1.82, 2.24) is 14.9 Å². The van der Waals surface area contributed by atoms with Gasteiger partial charge in [0.25, 0.3) is 11.8 Å². The van der Waals surface area contributed by atoms with Gasteiger partial charge in [0.15, 0.2) is 0 Å². The Bertz CT molecular complexity index is 957. The van der Waals surface area contributed by atoms with Crippen molar-refractivity contribution in [2.75, 3.05) is 0 Å². The molecule has 140 valence electrons. The Morgan fingerprint density at radius 2 is 1.89 bits per heavy atom. The second-order valence-corrected chi connectivity index (χ2v) is 7.64. The van der Waals surface area contributed by atoms with Crippen LogP contribution >= 0.6 is 11.3 Å². The Morgan fingerprint density at radius 3 is 2.41 bits per heavy atom. The van der Waals surface area contributed by atoms with E-state index in [2.05, 4.69) is 24.1 Å². The van der Waals surface area contributed by atoms with Gasteiger partial charge < -0.3 is 15.6 Å². The third-order valence-corrected chi connectivity index (χ3v) is 5.36. The van der Waals surface area contributed by atoms with E-state index in [4.69, 9.17) is 5.73 Å². The predicted molar refractivity (Wildman–Crippen MR) is 107 cm³/mol. The molecule has 0 unspecified atom stereocenters. The average molecular weight is 382 g/mol. The third kappa shape index (κ3) is 4.09. The molecule has 3 rings (SSSR count). The first-order valence-corrected chi connectivity index (χ1v) is 9.51. The molecule has 2 amide bonds. The summed E-state index contributed by atoms with van der Waals surface area (Å²) >= 11 is 1.31. The van der Waals surface area contributed by atoms with Gasteiger partial charge in [0.2, 0.25) is 0 Å². The van der Waals surface area contributed by atoms with E-state index in [1.165, 1.54) is 11.3 Å². The summed E-state index contributed by atoms with van der Waals surface area (Å²) in [6, 6.07) is 8.88. The Hall–Kier alpha value is -2.93. The van der Waals surface area contributed by atoms with Crippen molar-refractivity contribution in [3.63, 3.8) is 0 Å². The predicted octanol–water partition coefficient (Wildman–Crippen LogP) is 3.37. The van der Waals surface area contributed by atoms with Crippen LogP contribution in [0.1, 0.15) is 45.7 Å². The number of nitrogens with one attached hydrogen (secondary N) is 1. The van der Waals surface area contributed by atoms with Crippen molar-refractivity contribution in [2.24, 2.45) is 18.7 Å². The van der Waals surface area contributed by atoms with Crippen LogP contribution in [0.25, 0.3) is 11.1 Å². The van der Waals surface area contributed by atoms with E-state index in [0.717, 1.165) is 17.0 Å². The molecule has 0 aliphatic heterocycles. The van der Waals surface area contributed by atoms with Gasteiger partial charge in [-0.2, -0.15) is 0 Å². The van der Waals surface area contributed by atoms with Gasteiger partial charge in [0.1, 0.15) is 5.82 Å². The number of thiophene rings is 1. The number of nitrogens with zero attached hydrogens (tertiary/aromatic N) is 2. The van der Waals surface area contributed by atoms with Gasteiger partial charge in [-0.1, -0.05) is 26.0 Å². The molecule has 1 aromatic carbocycles. The summed E-state index contributed by atoms with van der Waals surface area (Å²) in [5.74, 6) is 0.447. The Labute approximate surface area is 162 Å². The highest BCUT2D eigenvalue weighted by Gasteiger charge is 2.22. The molecule has 0 radical (unpaired) electrons. The lowest BCUT2D eigenvalue weighted by atomic mass is 10.0. The van der Waals surface area contributed by atoms with Crippen molar-refractivity contribution in [3.8, 4) is 11.1 Å². The molecule has 2 aromatic heterocycles. The average Bonchev–Trinajstić information content (AvgIpc) is 3.29. The number of benzene rings is 1. The molecule has 1 atom stereocenters. The van der Waals surface area contributed by atoms with Crippen LogP contribution < -0.4 is 11.1 Å². The molecule has 7 heteroatoms. The van der Waals surface area contributed by atoms with Crippen LogP contribution in [0, 0.1) is 5.92 Å². The molecule has 0 saturated carbocycles. The maximum absolute atomic E-state index is 12.7. The van der Waals surface area contributed by atoms with Crippen LogP contribution in [0.2, 0.25) is 0 Å². The number of aryl methyl sites for hydroxylation is 1. The number of carbonyl (C=O) groups excluding carboxylic acids is 2. The van der Waals surface area contributed by atoms with E-state index >= 15 is 0 Å². The summed E-state index contributed by atoms with van der Waals surface area (Å²) in [7, 11) is 1.92. The summed E-state index contributed by atoms with van der Waals surface area (Å²) < 4.78 is 1.92. The number of carbonyl (C=O) groups is 2. The van der Waals surface area contributed by atoms with E-state index < -0.39 is 5.91 Å². The smallest absolute Gasteiger partial charge is 0.258 e. The van der Waals surface area contributed by atoms with Crippen LogP contribution in [0.4, 0.5) is 0 Å². The van der Waals surface area contributed by atoms with Gasteiger partial charge >= 0.3 is 0 Å². The molecule has 0 fully saturated rings. The Balaban J connectivity index is 1.76. The van der Waals surface area contributed by atoms with E-state index in [1.54, 1.807) is 24.4 Å². The Kier molecular flexibility index (Phi) is 5.41. The van der Waals surface area contributed by atoms with Crippen LogP contribution in [0.3, 0.4) is 0 Å². The number of rotatable bonds is 6. The fourth-order valence-corrected chi connectivity index (χ4v) is 3.63. The zero-order chi connectivity index (χ0) is 19.6. The van der Waals surface area contributed by atoms with Gasteiger partial charge in [-0.3, -0.25) is 9.59 Å². The van der Waals surface area contributed by atoms with Crippen molar-refractivity contribution < 1.29 is 9.59 Å². The normalized spacial score (nSPS) is 12.1. The highest BCUT2D eigenvalue weighted by Crippen LogP contribution is 2.26. The third-order valence-electron chi connectivity index (χ3n) is 4.41. The minimum absolute atomic E-state index is 0.147. The first-order chi connectivity index (χ1) is 12.9. The van der Waals surface area contributed by atoms with Gasteiger partial charge in [-0.25, -0.2) is 4.98 Å². The van der Waals surface area contributed by atoms with Crippen LogP contribution in [-0.2, 0) is 7.05 Å². The number of aromatic nitrogens is 2. The van der Waals surface area contributed by atoms with E-state index in [-0.39, 0.29) is 17.9 Å². The van der Waals surface area contributed by atoms with Gasteiger partial charge in [0.05, 0.1) is 10.9 Å². The molecule has 27 heavy (non-hydrogen) atoms. The molecule has 0 aliphatic rings. The molecule has 3 N–H and O–H groups in total. The van der Waals surface area contributed by atoms with Gasteiger partial charge in [0, 0.05) is 25.0 Å². The summed E-state index contributed by atoms with van der Waals surface area (Å²) in [6.45, 7) is 4.10. The van der Waals surface area contributed by atoms with Crippen LogP contribution in [-0.4, -0.2) is 21.4 Å². The molecule has 3 aromatic rings. The van der Waals surface area contributed by atoms with E-state index in [0.29, 0.717) is 10.4 Å². The van der Waals surface area contributed by atoms with E-state index in [1.807, 2.05) is 35.3 Å². The second-order valence-electron chi connectivity index (χ2n) is 6.73. The summed E-state index contributed by atoms with van der Waals surface area (Å²) in [4.78, 5) is 28.8.